The van der Waals surface area contributed by atoms with E-state index in [0.29, 0.717) is 19.0 Å². The van der Waals surface area contributed by atoms with Gasteiger partial charge in [-0.25, -0.2) is 4.99 Å². The van der Waals surface area contributed by atoms with E-state index in [0.717, 1.165) is 36.0 Å². The first-order valence-corrected chi connectivity index (χ1v) is 9.67. The van der Waals surface area contributed by atoms with E-state index in [2.05, 4.69) is 30.4 Å². The van der Waals surface area contributed by atoms with Crippen molar-refractivity contribution in [2.75, 3.05) is 13.1 Å². The molecule has 7 nitrogen and oxygen atoms in total. The maximum absolute atomic E-state index is 10.6. The lowest BCUT2D eigenvalue weighted by atomic mass is 10.1. The highest BCUT2D eigenvalue weighted by molar-refractivity contribution is 7.10. The molecule has 0 aliphatic carbocycles. The monoisotopic (exact) mass is 362 g/mol. The van der Waals surface area contributed by atoms with Crippen molar-refractivity contribution < 1.29 is 5.11 Å². The zero-order valence-electron chi connectivity index (χ0n) is 14.8. The SMILES string of the molecule is CCNC(=NCc1nnc2n1CCCC2)NCC(C)(O)c1cccs1. The van der Waals surface area contributed by atoms with Gasteiger partial charge in [0.05, 0.1) is 6.54 Å². The number of aromatic nitrogens is 3. The van der Waals surface area contributed by atoms with E-state index < -0.39 is 5.60 Å². The fraction of sp³-hybridized carbons (Fsp3) is 0.588. The highest BCUT2D eigenvalue weighted by Gasteiger charge is 2.24. The number of aliphatic hydroxyl groups is 1. The Morgan fingerprint density at radius 2 is 2.28 bits per heavy atom. The normalized spacial score (nSPS) is 17.0. The minimum Gasteiger partial charge on any atom is -0.383 e. The van der Waals surface area contributed by atoms with Crippen LogP contribution >= 0.6 is 11.3 Å². The van der Waals surface area contributed by atoms with E-state index >= 15 is 0 Å². The van der Waals surface area contributed by atoms with Gasteiger partial charge in [-0.15, -0.1) is 21.5 Å². The number of nitrogens with one attached hydrogen (secondary N) is 2. The number of hydrogen-bond acceptors (Lipinski definition) is 5. The van der Waals surface area contributed by atoms with Gasteiger partial charge in [0.25, 0.3) is 0 Å². The molecule has 2 aromatic rings. The molecule has 1 atom stereocenters. The van der Waals surface area contributed by atoms with Gasteiger partial charge in [-0.3, -0.25) is 0 Å². The summed E-state index contributed by atoms with van der Waals surface area (Å²) in [5.41, 5.74) is -0.932. The molecule has 0 saturated carbocycles. The molecule has 1 aliphatic heterocycles. The molecular formula is C17H26N6OS. The fourth-order valence-corrected chi connectivity index (χ4v) is 3.69. The maximum Gasteiger partial charge on any atom is 0.191 e. The molecule has 0 aromatic carbocycles. The van der Waals surface area contributed by atoms with E-state index in [4.69, 9.17) is 0 Å². The van der Waals surface area contributed by atoms with Crippen LogP contribution in [0.5, 0.6) is 0 Å². The van der Waals surface area contributed by atoms with Gasteiger partial charge in [0.1, 0.15) is 18.0 Å². The summed E-state index contributed by atoms with van der Waals surface area (Å²) in [7, 11) is 0. The second-order valence-electron chi connectivity index (χ2n) is 6.44. The minimum absolute atomic E-state index is 0.386. The second kappa shape index (κ2) is 7.97. The molecule has 8 heteroatoms. The number of aliphatic imine (C=N–C) groups is 1. The summed E-state index contributed by atoms with van der Waals surface area (Å²) in [6, 6.07) is 3.89. The van der Waals surface area contributed by atoms with E-state index in [1.807, 2.05) is 31.4 Å². The minimum atomic E-state index is -0.932. The molecule has 3 N–H and O–H groups in total. The lowest BCUT2D eigenvalue weighted by Crippen LogP contribution is -2.44. The molecule has 1 aliphatic rings. The molecule has 3 heterocycles. The zero-order chi connectivity index (χ0) is 17.7. The van der Waals surface area contributed by atoms with Crippen molar-refractivity contribution in [3.8, 4) is 0 Å². The lowest BCUT2D eigenvalue weighted by Gasteiger charge is -2.23. The van der Waals surface area contributed by atoms with Crippen LogP contribution in [0, 0.1) is 0 Å². The Morgan fingerprint density at radius 3 is 3.04 bits per heavy atom. The third-order valence-corrected chi connectivity index (χ3v) is 5.43. The van der Waals surface area contributed by atoms with Crippen molar-refractivity contribution in [2.24, 2.45) is 4.99 Å². The van der Waals surface area contributed by atoms with Gasteiger partial charge in [-0.05, 0) is 38.1 Å². The van der Waals surface area contributed by atoms with Crippen molar-refractivity contribution in [1.82, 2.24) is 25.4 Å². The van der Waals surface area contributed by atoms with Gasteiger partial charge in [-0.1, -0.05) is 6.07 Å². The van der Waals surface area contributed by atoms with Crippen LogP contribution < -0.4 is 10.6 Å². The molecule has 2 aromatic heterocycles. The van der Waals surface area contributed by atoms with Crippen LogP contribution in [-0.2, 0) is 25.1 Å². The second-order valence-corrected chi connectivity index (χ2v) is 7.39. The van der Waals surface area contributed by atoms with Crippen LogP contribution in [0.25, 0.3) is 0 Å². The van der Waals surface area contributed by atoms with Gasteiger partial charge < -0.3 is 20.3 Å². The average molecular weight is 363 g/mol. The molecule has 0 bridgehead atoms. The van der Waals surface area contributed by atoms with E-state index in [1.54, 1.807) is 11.3 Å². The van der Waals surface area contributed by atoms with Gasteiger partial charge in [-0.2, -0.15) is 0 Å². The zero-order valence-corrected chi connectivity index (χ0v) is 15.6. The first-order chi connectivity index (χ1) is 12.1. The molecule has 0 spiro atoms. The lowest BCUT2D eigenvalue weighted by molar-refractivity contribution is 0.0655. The van der Waals surface area contributed by atoms with Gasteiger partial charge in [0.15, 0.2) is 11.8 Å². The average Bonchev–Trinajstić information content (AvgIpc) is 3.28. The topological polar surface area (TPSA) is 87.4 Å². The molecular weight excluding hydrogens is 336 g/mol. The molecule has 0 amide bonds. The summed E-state index contributed by atoms with van der Waals surface area (Å²) in [6.45, 7) is 6.42. The summed E-state index contributed by atoms with van der Waals surface area (Å²) in [6.07, 6.45) is 3.35. The molecule has 25 heavy (non-hydrogen) atoms. The number of guanidine groups is 1. The molecule has 3 rings (SSSR count). The van der Waals surface area contributed by atoms with Crippen LogP contribution in [0.2, 0.25) is 0 Å². The molecule has 136 valence electrons. The van der Waals surface area contributed by atoms with Crippen LogP contribution in [-0.4, -0.2) is 38.9 Å². The third kappa shape index (κ3) is 4.38. The van der Waals surface area contributed by atoms with Crippen LogP contribution in [0.3, 0.4) is 0 Å². The number of aryl methyl sites for hydroxylation is 1. The quantitative estimate of drug-likeness (QED) is 0.537. The Hall–Kier alpha value is -1.93. The van der Waals surface area contributed by atoms with E-state index in [9.17, 15) is 5.11 Å². The Morgan fingerprint density at radius 1 is 1.40 bits per heavy atom. The highest BCUT2D eigenvalue weighted by Crippen LogP contribution is 2.24. The van der Waals surface area contributed by atoms with Crippen molar-refractivity contribution >= 4 is 17.3 Å². The first-order valence-electron chi connectivity index (χ1n) is 8.79. The standard InChI is InChI=1S/C17H26N6OS/c1-3-18-16(20-12-17(2,24)13-7-6-10-25-13)19-11-15-22-21-14-8-4-5-9-23(14)15/h6-7,10,24H,3-5,8-9,11-12H2,1-2H3,(H2,18,19,20). The van der Waals surface area contributed by atoms with Gasteiger partial charge in [0.2, 0.25) is 0 Å². The molecule has 1 unspecified atom stereocenters. The Balaban J connectivity index is 1.64. The highest BCUT2D eigenvalue weighted by atomic mass is 32.1. The predicted octanol–water partition coefficient (Wildman–Crippen LogP) is 1.64. The summed E-state index contributed by atoms with van der Waals surface area (Å²) in [4.78, 5) is 5.54. The Bertz CT molecular complexity index is 707. The van der Waals surface area contributed by atoms with Crippen LogP contribution in [0.15, 0.2) is 22.5 Å². The smallest absolute Gasteiger partial charge is 0.191 e. The third-order valence-electron chi connectivity index (χ3n) is 4.31. The van der Waals surface area contributed by atoms with E-state index in [-0.39, 0.29) is 0 Å². The number of hydrogen-bond donors (Lipinski definition) is 3. The maximum atomic E-state index is 10.6. The van der Waals surface area contributed by atoms with Crippen LogP contribution in [0.4, 0.5) is 0 Å². The van der Waals surface area contributed by atoms with Gasteiger partial charge in [0, 0.05) is 24.4 Å². The Kier molecular flexibility index (Phi) is 5.70. The number of thiophene rings is 1. The summed E-state index contributed by atoms with van der Waals surface area (Å²) in [5.74, 6) is 2.64. The van der Waals surface area contributed by atoms with Crippen molar-refractivity contribution in [2.45, 2.75) is 51.8 Å². The Labute approximate surface area is 152 Å². The number of rotatable bonds is 6. The summed E-state index contributed by atoms with van der Waals surface area (Å²) in [5, 5.41) is 27.6. The van der Waals surface area contributed by atoms with E-state index in [1.165, 1.54) is 12.8 Å². The van der Waals surface area contributed by atoms with Crippen molar-refractivity contribution in [3.63, 3.8) is 0 Å². The largest absolute Gasteiger partial charge is 0.383 e. The van der Waals surface area contributed by atoms with Crippen molar-refractivity contribution in [1.29, 1.82) is 0 Å². The van der Waals surface area contributed by atoms with Crippen molar-refractivity contribution in [3.05, 3.63) is 34.0 Å². The fourth-order valence-electron chi connectivity index (χ4n) is 2.90. The number of fused-ring (bicyclic) bond motifs is 1. The van der Waals surface area contributed by atoms with Crippen LogP contribution in [0.1, 0.15) is 43.2 Å². The molecule has 0 fully saturated rings. The summed E-state index contributed by atoms with van der Waals surface area (Å²) >= 11 is 1.55. The molecule has 0 saturated heterocycles. The first kappa shape index (κ1) is 17.9. The molecule has 0 radical (unpaired) electrons. The van der Waals surface area contributed by atoms with Gasteiger partial charge >= 0.3 is 0 Å². The predicted molar refractivity (Wildman–Crippen MR) is 99.7 cm³/mol. The number of nitrogens with zero attached hydrogens (tertiary/aromatic N) is 4. The summed E-state index contributed by atoms with van der Waals surface area (Å²) < 4.78 is 2.18.